The molecule has 0 aliphatic heterocycles. The van der Waals surface area contributed by atoms with Crippen LogP contribution in [0.3, 0.4) is 0 Å². The lowest BCUT2D eigenvalue weighted by Gasteiger charge is -1.81. The lowest BCUT2D eigenvalue weighted by atomic mass is 10.4. The van der Waals surface area contributed by atoms with E-state index >= 15 is 0 Å². The van der Waals surface area contributed by atoms with Crippen LogP contribution in [0.1, 0.15) is 11.8 Å². The van der Waals surface area contributed by atoms with E-state index in [2.05, 4.69) is 23.0 Å². The average molecular weight is 164 g/mol. The van der Waals surface area contributed by atoms with Crippen molar-refractivity contribution in [1.29, 1.82) is 0 Å². The summed E-state index contributed by atoms with van der Waals surface area (Å²) >= 11 is 1.72. The van der Waals surface area contributed by atoms with Crippen molar-refractivity contribution in [3.63, 3.8) is 0 Å². The first-order valence-electron chi connectivity index (χ1n) is 3.59. The Morgan fingerprint density at radius 1 is 1.36 bits per heavy atom. The predicted molar refractivity (Wildman–Crippen MR) is 46.8 cm³/mol. The molecule has 0 fully saturated rings. The number of aryl methyl sites for hydroxylation is 1. The largest absolute Gasteiger partial charge is 0.252 e. The van der Waals surface area contributed by atoms with Crippen molar-refractivity contribution in [1.82, 2.24) is 9.97 Å². The fourth-order valence-corrected chi connectivity index (χ4v) is 1.89. The molecular weight excluding hydrogens is 156 g/mol. The van der Waals surface area contributed by atoms with Crippen LogP contribution in [0.2, 0.25) is 0 Å². The van der Waals surface area contributed by atoms with Gasteiger partial charge in [0.05, 0.1) is 5.52 Å². The number of fused-ring (bicyclic) bond motifs is 1. The molecule has 2 nitrogen and oxygen atoms in total. The maximum Gasteiger partial charge on any atom is 0.142 e. The Morgan fingerprint density at radius 3 is 2.91 bits per heavy atom. The van der Waals surface area contributed by atoms with Gasteiger partial charge in [-0.05, 0) is 12.5 Å². The van der Waals surface area contributed by atoms with E-state index in [1.54, 1.807) is 23.7 Å². The molecule has 2 rings (SSSR count). The van der Waals surface area contributed by atoms with E-state index in [1.807, 2.05) is 0 Å². The highest BCUT2D eigenvalue weighted by Crippen LogP contribution is 2.21. The second kappa shape index (κ2) is 2.58. The predicted octanol–water partition coefficient (Wildman–Crippen LogP) is 2.25. The number of nitrogens with zero attached hydrogens (tertiary/aromatic N) is 2. The summed E-state index contributed by atoms with van der Waals surface area (Å²) < 4.78 is 0. The van der Waals surface area contributed by atoms with Crippen LogP contribution in [0, 0.1) is 0 Å². The van der Waals surface area contributed by atoms with Gasteiger partial charge in [0.1, 0.15) is 4.83 Å². The molecule has 0 spiro atoms. The van der Waals surface area contributed by atoms with Crippen molar-refractivity contribution >= 4 is 21.7 Å². The molecule has 0 radical (unpaired) electrons. The van der Waals surface area contributed by atoms with Gasteiger partial charge < -0.3 is 0 Å². The molecule has 11 heavy (non-hydrogen) atoms. The highest BCUT2D eigenvalue weighted by atomic mass is 32.1. The Balaban J connectivity index is 2.69. The minimum atomic E-state index is 1.02. The Hall–Kier alpha value is -0.960. The summed E-state index contributed by atoms with van der Waals surface area (Å²) in [5.74, 6) is 0. The highest BCUT2D eigenvalue weighted by molar-refractivity contribution is 7.18. The average Bonchev–Trinajstić information content (AvgIpc) is 2.46. The van der Waals surface area contributed by atoms with Gasteiger partial charge in [0.15, 0.2) is 0 Å². The van der Waals surface area contributed by atoms with Gasteiger partial charge in [0.2, 0.25) is 0 Å². The summed E-state index contributed by atoms with van der Waals surface area (Å²) in [6.07, 6.45) is 4.54. The summed E-state index contributed by atoms with van der Waals surface area (Å²) in [6, 6.07) is 2.10. The van der Waals surface area contributed by atoms with Crippen molar-refractivity contribution in [3.05, 3.63) is 23.3 Å². The molecule has 2 aromatic heterocycles. The molecule has 0 aliphatic rings. The number of aromatic nitrogens is 2. The van der Waals surface area contributed by atoms with Crippen molar-refractivity contribution in [2.75, 3.05) is 0 Å². The van der Waals surface area contributed by atoms with Gasteiger partial charge >= 0.3 is 0 Å². The second-order valence-electron chi connectivity index (χ2n) is 2.31. The number of thiophene rings is 1. The van der Waals surface area contributed by atoms with Crippen LogP contribution in [-0.2, 0) is 6.42 Å². The van der Waals surface area contributed by atoms with Crippen LogP contribution in [0.25, 0.3) is 10.3 Å². The van der Waals surface area contributed by atoms with Crippen molar-refractivity contribution in [2.24, 2.45) is 0 Å². The molecule has 0 saturated heterocycles. The monoisotopic (exact) mass is 164 g/mol. The number of hydrogen-bond acceptors (Lipinski definition) is 3. The molecule has 2 heterocycles. The molecule has 0 amide bonds. The van der Waals surface area contributed by atoms with E-state index in [0.717, 1.165) is 16.8 Å². The van der Waals surface area contributed by atoms with Crippen LogP contribution in [0.5, 0.6) is 0 Å². The molecule has 3 heteroatoms. The zero-order valence-corrected chi connectivity index (χ0v) is 7.06. The van der Waals surface area contributed by atoms with E-state index < -0.39 is 0 Å². The quantitative estimate of drug-likeness (QED) is 0.646. The van der Waals surface area contributed by atoms with E-state index in [4.69, 9.17) is 0 Å². The SMILES string of the molecule is CCc1cc2nccnc2s1. The van der Waals surface area contributed by atoms with E-state index in [9.17, 15) is 0 Å². The maximum absolute atomic E-state index is 4.21. The van der Waals surface area contributed by atoms with Crippen LogP contribution >= 0.6 is 11.3 Å². The summed E-state index contributed by atoms with van der Waals surface area (Å²) in [6.45, 7) is 2.14. The molecule has 0 N–H and O–H groups in total. The first-order valence-corrected chi connectivity index (χ1v) is 4.41. The molecule has 0 atom stereocenters. The second-order valence-corrected chi connectivity index (χ2v) is 3.43. The zero-order valence-electron chi connectivity index (χ0n) is 6.24. The number of hydrogen-bond donors (Lipinski definition) is 0. The number of rotatable bonds is 1. The third-order valence-electron chi connectivity index (χ3n) is 1.57. The molecule has 0 aromatic carbocycles. The topological polar surface area (TPSA) is 25.8 Å². The first kappa shape index (κ1) is 6.73. The van der Waals surface area contributed by atoms with Crippen LogP contribution in [-0.4, -0.2) is 9.97 Å². The Morgan fingerprint density at radius 2 is 2.18 bits per heavy atom. The van der Waals surface area contributed by atoms with E-state index in [1.165, 1.54) is 4.88 Å². The van der Waals surface area contributed by atoms with E-state index in [0.29, 0.717) is 0 Å². The fourth-order valence-electron chi connectivity index (χ4n) is 0.994. The van der Waals surface area contributed by atoms with Gasteiger partial charge in [0.25, 0.3) is 0 Å². The van der Waals surface area contributed by atoms with Gasteiger partial charge in [0, 0.05) is 17.3 Å². The third kappa shape index (κ3) is 1.12. The molecule has 0 saturated carbocycles. The molecule has 56 valence electrons. The zero-order chi connectivity index (χ0) is 7.68. The minimum absolute atomic E-state index is 1.02. The Labute approximate surface area is 68.9 Å². The third-order valence-corrected chi connectivity index (χ3v) is 2.74. The van der Waals surface area contributed by atoms with Crippen molar-refractivity contribution < 1.29 is 0 Å². The summed E-state index contributed by atoms with van der Waals surface area (Å²) in [4.78, 5) is 10.8. The Kier molecular flexibility index (Phi) is 1.58. The summed E-state index contributed by atoms with van der Waals surface area (Å²) in [5.41, 5.74) is 1.02. The van der Waals surface area contributed by atoms with Gasteiger partial charge in [-0.1, -0.05) is 6.92 Å². The molecule has 0 unspecified atom stereocenters. The smallest absolute Gasteiger partial charge is 0.142 e. The Bertz CT molecular complexity index is 334. The lowest BCUT2D eigenvalue weighted by Crippen LogP contribution is -1.72. The van der Waals surface area contributed by atoms with Gasteiger partial charge in [-0.25, -0.2) is 4.98 Å². The normalized spacial score (nSPS) is 10.6. The van der Waals surface area contributed by atoms with Crippen molar-refractivity contribution in [3.8, 4) is 0 Å². The first-order chi connectivity index (χ1) is 5.40. The molecular formula is C8H8N2S. The van der Waals surface area contributed by atoms with Gasteiger partial charge in [-0.15, -0.1) is 11.3 Å². The molecule has 2 aromatic rings. The summed E-state index contributed by atoms with van der Waals surface area (Å²) in [7, 11) is 0. The van der Waals surface area contributed by atoms with E-state index in [-0.39, 0.29) is 0 Å². The minimum Gasteiger partial charge on any atom is -0.252 e. The van der Waals surface area contributed by atoms with Crippen LogP contribution < -0.4 is 0 Å². The molecule has 0 aliphatic carbocycles. The maximum atomic E-state index is 4.21. The highest BCUT2D eigenvalue weighted by Gasteiger charge is 1.99. The lowest BCUT2D eigenvalue weighted by molar-refractivity contribution is 1.19. The van der Waals surface area contributed by atoms with Gasteiger partial charge in [-0.2, -0.15) is 0 Å². The molecule has 0 bridgehead atoms. The van der Waals surface area contributed by atoms with Crippen LogP contribution in [0.15, 0.2) is 18.5 Å². The fraction of sp³-hybridized carbons (Fsp3) is 0.250. The standard InChI is InChI=1S/C8H8N2S/c1-2-6-5-7-8(11-6)10-4-3-9-7/h3-5H,2H2,1H3. The van der Waals surface area contributed by atoms with Gasteiger partial charge in [-0.3, -0.25) is 4.98 Å². The summed E-state index contributed by atoms with van der Waals surface area (Å²) in [5, 5.41) is 0. The van der Waals surface area contributed by atoms with Crippen LogP contribution in [0.4, 0.5) is 0 Å². The van der Waals surface area contributed by atoms with Crippen molar-refractivity contribution in [2.45, 2.75) is 13.3 Å².